The summed E-state index contributed by atoms with van der Waals surface area (Å²) >= 11 is 0. The number of methoxy groups -OCH3 is 2. The average molecular weight is 473 g/mol. The van der Waals surface area contributed by atoms with Gasteiger partial charge in [0.25, 0.3) is 11.8 Å². The summed E-state index contributed by atoms with van der Waals surface area (Å²) in [6.45, 7) is -0.614. The molecule has 0 aliphatic carbocycles. The van der Waals surface area contributed by atoms with Crippen LogP contribution in [0.3, 0.4) is 0 Å². The number of carbonyl (C=O) groups excluding carboxylic acids is 3. The summed E-state index contributed by atoms with van der Waals surface area (Å²) in [4.78, 5) is 42.1. The van der Waals surface area contributed by atoms with Crippen molar-refractivity contribution in [2.45, 2.75) is 0 Å². The van der Waals surface area contributed by atoms with Crippen molar-refractivity contribution in [3.05, 3.63) is 78.1 Å². The van der Waals surface area contributed by atoms with E-state index in [2.05, 4.69) is 10.3 Å². The molecule has 2 aromatic heterocycles. The van der Waals surface area contributed by atoms with Gasteiger partial charge >= 0.3 is 5.97 Å². The van der Waals surface area contributed by atoms with Crippen molar-refractivity contribution in [2.24, 2.45) is 7.05 Å². The van der Waals surface area contributed by atoms with E-state index in [1.807, 2.05) is 6.07 Å². The van der Waals surface area contributed by atoms with Gasteiger partial charge in [0, 0.05) is 24.2 Å². The van der Waals surface area contributed by atoms with Crippen molar-refractivity contribution in [3.8, 4) is 22.8 Å². The molecule has 178 valence electrons. The molecule has 1 N–H and O–H groups in total. The Kier molecular flexibility index (Phi) is 6.77. The van der Waals surface area contributed by atoms with Gasteiger partial charge in [0.05, 0.1) is 31.0 Å². The lowest BCUT2D eigenvalue weighted by molar-refractivity contribution is -0.123. The number of aromatic nitrogens is 2. The molecule has 4 aromatic rings. The Morgan fingerprint density at radius 2 is 1.71 bits per heavy atom. The minimum absolute atomic E-state index is 0.238. The maximum atomic E-state index is 13.0. The highest BCUT2D eigenvalue weighted by atomic mass is 16.5. The summed E-state index contributed by atoms with van der Waals surface area (Å²) in [5.74, 6) is -0.949. The van der Waals surface area contributed by atoms with Crippen LogP contribution < -0.4 is 14.8 Å². The van der Waals surface area contributed by atoms with Crippen molar-refractivity contribution in [1.82, 2.24) is 14.9 Å². The molecule has 0 fully saturated rings. The van der Waals surface area contributed by atoms with Crippen molar-refractivity contribution < 1.29 is 28.6 Å². The van der Waals surface area contributed by atoms with Crippen LogP contribution in [-0.2, 0) is 16.6 Å². The molecule has 0 aliphatic rings. The minimum Gasteiger partial charge on any atom is -0.493 e. The quantitative estimate of drug-likeness (QED) is 0.410. The van der Waals surface area contributed by atoms with Gasteiger partial charge in [-0.15, -0.1) is 0 Å². The lowest BCUT2D eigenvalue weighted by atomic mass is 10.0. The molecule has 0 saturated carbocycles. The highest BCUT2D eigenvalue weighted by Gasteiger charge is 2.19. The van der Waals surface area contributed by atoms with Gasteiger partial charge in [-0.2, -0.15) is 0 Å². The second-order valence-electron chi connectivity index (χ2n) is 7.60. The van der Waals surface area contributed by atoms with Gasteiger partial charge in [0.1, 0.15) is 5.69 Å². The number of para-hydroxylation sites is 1. The third-order valence-corrected chi connectivity index (χ3v) is 5.38. The zero-order valence-corrected chi connectivity index (χ0v) is 19.4. The molecule has 2 aromatic carbocycles. The predicted octanol–water partition coefficient (Wildman–Crippen LogP) is 3.37. The van der Waals surface area contributed by atoms with E-state index in [4.69, 9.17) is 14.2 Å². The molecule has 0 unspecified atom stereocenters. The first-order valence-electron chi connectivity index (χ1n) is 10.7. The van der Waals surface area contributed by atoms with Crippen molar-refractivity contribution >= 4 is 28.7 Å². The van der Waals surface area contributed by atoms with Crippen LogP contribution in [0.2, 0.25) is 0 Å². The third-order valence-electron chi connectivity index (χ3n) is 5.38. The standard InChI is InChI=1S/C26H23N3O6/c1-29-12-6-9-21(29)25(31)28-24(30)15-35-26(32)18-14-20(27-19-8-5-4-7-17(18)19)16-10-11-22(33-2)23(13-16)34-3/h4-14H,15H2,1-3H3,(H,28,30,31). The topological polar surface area (TPSA) is 109 Å². The van der Waals surface area contributed by atoms with E-state index in [1.165, 1.54) is 7.11 Å². The molecule has 0 spiro atoms. The Labute approximate surface area is 201 Å². The molecule has 0 bridgehead atoms. The molecule has 0 aliphatic heterocycles. The number of benzene rings is 2. The van der Waals surface area contributed by atoms with Gasteiger partial charge in [0.2, 0.25) is 0 Å². The molecule has 2 heterocycles. The lowest BCUT2D eigenvalue weighted by Crippen LogP contribution is -2.35. The molecular formula is C26H23N3O6. The second-order valence-corrected chi connectivity index (χ2v) is 7.60. The van der Waals surface area contributed by atoms with Crippen LogP contribution in [0.4, 0.5) is 0 Å². The normalized spacial score (nSPS) is 10.6. The summed E-state index contributed by atoms with van der Waals surface area (Å²) in [5, 5.41) is 2.79. The maximum Gasteiger partial charge on any atom is 0.339 e. The number of rotatable bonds is 7. The van der Waals surface area contributed by atoms with Crippen LogP contribution in [0.1, 0.15) is 20.8 Å². The first-order valence-corrected chi connectivity index (χ1v) is 10.7. The average Bonchev–Trinajstić information content (AvgIpc) is 3.32. The number of hydrogen-bond acceptors (Lipinski definition) is 7. The van der Waals surface area contributed by atoms with E-state index in [-0.39, 0.29) is 5.56 Å². The fourth-order valence-electron chi connectivity index (χ4n) is 3.62. The van der Waals surface area contributed by atoms with Crippen LogP contribution >= 0.6 is 0 Å². The molecule has 2 amide bonds. The van der Waals surface area contributed by atoms with Gasteiger partial charge < -0.3 is 18.8 Å². The Hall–Kier alpha value is -4.66. The third kappa shape index (κ3) is 4.98. The first kappa shape index (κ1) is 23.5. The van der Waals surface area contributed by atoms with Crippen molar-refractivity contribution in [2.75, 3.05) is 20.8 Å². The molecule has 0 radical (unpaired) electrons. The number of ether oxygens (including phenoxy) is 3. The molecular weight excluding hydrogens is 450 g/mol. The summed E-state index contributed by atoms with van der Waals surface area (Å²) < 4.78 is 17.5. The van der Waals surface area contributed by atoms with E-state index >= 15 is 0 Å². The number of nitrogens with one attached hydrogen (secondary N) is 1. The number of esters is 1. The number of pyridine rings is 1. The van der Waals surface area contributed by atoms with Gasteiger partial charge in [-0.25, -0.2) is 9.78 Å². The smallest absolute Gasteiger partial charge is 0.339 e. The second kappa shape index (κ2) is 10.1. The maximum absolute atomic E-state index is 13.0. The molecule has 35 heavy (non-hydrogen) atoms. The van der Waals surface area contributed by atoms with Crippen molar-refractivity contribution in [1.29, 1.82) is 0 Å². The van der Waals surface area contributed by atoms with Crippen molar-refractivity contribution in [3.63, 3.8) is 0 Å². The fourth-order valence-corrected chi connectivity index (χ4v) is 3.62. The van der Waals surface area contributed by atoms with E-state index in [0.717, 1.165) is 0 Å². The summed E-state index contributed by atoms with van der Waals surface area (Å²) in [5.41, 5.74) is 2.34. The van der Waals surface area contributed by atoms with E-state index in [9.17, 15) is 14.4 Å². The number of fused-ring (bicyclic) bond motifs is 1. The number of carbonyl (C=O) groups is 3. The van der Waals surface area contributed by atoms with Gasteiger partial charge in [-0.3, -0.25) is 14.9 Å². The fraction of sp³-hybridized carbons (Fsp3) is 0.154. The largest absolute Gasteiger partial charge is 0.493 e. The zero-order chi connectivity index (χ0) is 24.9. The summed E-state index contributed by atoms with van der Waals surface area (Å²) in [7, 11) is 4.76. The summed E-state index contributed by atoms with van der Waals surface area (Å²) in [6.07, 6.45) is 1.68. The monoisotopic (exact) mass is 473 g/mol. The molecule has 0 atom stereocenters. The van der Waals surface area contributed by atoms with E-state index < -0.39 is 24.4 Å². The number of amides is 2. The Morgan fingerprint density at radius 3 is 2.43 bits per heavy atom. The summed E-state index contributed by atoms with van der Waals surface area (Å²) in [6, 6.07) is 17.3. The predicted molar refractivity (Wildman–Crippen MR) is 128 cm³/mol. The SMILES string of the molecule is COc1ccc(-c2cc(C(=O)OCC(=O)NC(=O)c3cccn3C)c3ccccc3n2)cc1OC. The van der Waals surface area contributed by atoms with Crippen LogP contribution in [0.25, 0.3) is 22.2 Å². The van der Waals surface area contributed by atoms with Crippen LogP contribution in [0.5, 0.6) is 11.5 Å². The zero-order valence-electron chi connectivity index (χ0n) is 19.4. The number of aryl methyl sites for hydroxylation is 1. The lowest BCUT2D eigenvalue weighted by Gasteiger charge is -2.12. The highest BCUT2D eigenvalue weighted by molar-refractivity contribution is 6.07. The van der Waals surface area contributed by atoms with E-state index in [0.29, 0.717) is 39.4 Å². The first-order chi connectivity index (χ1) is 16.9. The van der Waals surface area contributed by atoms with Gasteiger partial charge in [-0.1, -0.05) is 18.2 Å². The Bertz CT molecular complexity index is 1430. The number of hydrogen-bond donors (Lipinski definition) is 1. The van der Waals surface area contributed by atoms with Crippen LogP contribution in [0.15, 0.2) is 66.9 Å². The number of imide groups is 1. The highest BCUT2D eigenvalue weighted by Crippen LogP contribution is 2.33. The Balaban J connectivity index is 1.57. The molecule has 4 rings (SSSR count). The number of nitrogens with zero attached hydrogens (tertiary/aromatic N) is 2. The molecule has 0 saturated heterocycles. The molecule has 9 heteroatoms. The van der Waals surface area contributed by atoms with Crippen LogP contribution in [-0.4, -0.2) is 48.2 Å². The molecule has 9 nitrogen and oxygen atoms in total. The van der Waals surface area contributed by atoms with Crippen LogP contribution in [0, 0.1) is 0 Å². The Morgan fingerprint density at radius 1 is 0.943 bits per heavy atom. The van der Waals surface area contributed by atoms with Gasteiger partial charge in [-0.05, 0) is 42.5 Å². The minimum atomic E-state index is -0.733. The van der Waals surface area contributed by atoms with E-state index in [1.54, 1.807) is 79.5 Å². The van der Waals surface area contributed by atoms with Gasteiger partial charge in [0.15, 0.2) is 18.1 Å².